The average Bonchev–Trinajstić information content (AvgIpc) is 2.53. The van der Waals surface area contributed by atoms with Crippen molar-refractivity contribution in [1.82, 2.24) is 0 Å². The van der Waals surface area contributed by atoms with Gasteiger partial charge in [-0.2, -0.15) is 0 Å². The molecule has 0 saturated heterocycles. The van der Waals surface area contributed by atoms with E-state index in [9.17, 15) is 0 Å². The van der Waals surface area contributed by atoms with Gasteiger partial charge >= 0.3 is 0 Å². The molecule has 0 bridgehead atoms. The summed E-state index contributed by atoms with van der Waals surface area (Å²) in [5.74, 6) is 2.30. The highest BCUT2D eigenvalue weighted by atomic mass is 79.9. The van der Waals surface area contributed by atoms with Crippen molar-refractivity contribution >= 4 is 15.9 Å². The Morgan fingerprint density at radius 3 is 2.83 bits per heavy atom. The van der Waals surface area contributed by atoms with E-state index in [2.05, 4.69) is 15.9 Å². The molecule has 2 N–H and O–H groups in total. The number of methoxy groups -OCH3 is 1. The fourth-order valence-electron chi connectivity index (χ4n) is 2.05. The Bertz CT molecular complexity index is 435. The summed E-state index contributed by atoms with van der Waals surface area (Å²) in [7, 11) is 1.65. The molecule has 18 heavy (non-hydrogen) atoms. The third-order valence-electron chi connectivity index (χ3n) is 2.77. The molecule has 1 unspecified atom stereocenters. The topological polar surface area (TPSA) is 53.7 Å². The SMILES string of the molecule is COc1c(Br)cc2c(c1CC(C)N)OCCCO2. The summed E-state index contributed by atoms with van der Waals surface area (Å²) >= 11 is 3.50. The second kappa shape index (κ2) is 5.80. The van der Waals surface area contributed by atoms with E-state index in [1.807, 2.05) is 13.0 Å². The van der Waals surface area contributed by atoms with Gasteiger partial charge in [0.1, 0.15) is 5.75 Å². The molecular weight excluding hydrogens is 298 g/mol. The van der Waals surface area contributed by atoms with Crippen LogP contribution >= 0.6 is 15.9 Å². The number of rotatable bonds is 3. The zero-order valence-electron chi connectivity index (χ0n) is 10.7. The highest BCUT2D eigenvalue weighted by Gasteiger charge is 2.22. The van der Waals surface area contributed by atoms with Gasteiger partial charge in [-0.05, 0) is 29.3 Å². The van der Waals surface area contributed by atoms with Crippen LogP contribution in [0.3, 0.4) is 0 Å². The Morgan fingerprint density at radius 1 is 1.44 bits per heavy atom. The molecule has 1 atom stereocenters. The van der Waals surface area contributed by atoms with Gasteiger partial charge in [0.15, 0.2) is 11.5 Å². The van der Waals surface area contributed by atoms with Gasteiger partial charge in [0.25, 0.3) is 0 Å². The van der Waals surface area contributed by atoms with E-state index in [4.69, 9.17) is 19.9 Å². The molecule has 1 aromatic carbocycles. The minimum atomic E-state index is 0.0316. The maximum absolute atomic E-state index is 5.90. The van der Waals surface area contributed by atoms with Crippen LogP contribution in [0, 0.1) is 0 Å². The van der Waals surface area contributed by atoms with E-state index in [1.54, 1.807) is 7.11 Å². The van der Waals surface area contributed by atoms with Crippen molar-refractivity contribution in [3.05, 3.63) is 16.1 Å². The molecule has 1 aliphatic rings. The Balaban J connectivity index is 2.53. The third kappa shape index (κ3) is 2.72. The van der Waals surface area contributed by atoms with Gasteiger partial charge in [-0.1, -0.05) is 0 Å². The van der Waals surface area contributed by atoms with Crippen LogP contribution in [-0.2, 0) is 6.42 Å². The molecule has 0 radical (unpaired) electrons. The maximum atomic E-state index is 5.90. The second-order valence-corrected chi connectivity index (χ2v) is 5.28. The molecule has 1 heterocycles. The van der Waals surface area contributed by atoms with Crippen LogP contribution in [0.4, 0.5) is 0 Å². The lowest BCUT2D eigenvalue weighted by atomic mass is 10.0. The van der Waals surface area contributed by atoms with E-state index >= 15 is 0 Å². The van der Waals surface area contributed by atoms with Crippen molar-refractivity contribution in [2.45, 2.75) is 25.8 Å². The Hall–Kier alpha value is -0.940. The van der Waals surface area contributed by atoms with Gasteiger partial charge in [0, 0.05) is 24.1 Å². The first-order chi connectivity index (χ1) is 8.63. The van der Waals surface area contributed by atoms with E-state index in [0.717, 1.165) is 33.7 Å². The lowest BCUT2D eigenvalue weighted by molar-refractivity contribution is 0.295. The molecule has 100 valence electrons. The fourth-order valence-corrected chi connectivity index (χ4v) is 2.66. The summed E-state index contributed by atoms with van der Waals surface area (Å²) in [6.45, 7) is 3.29. The van der Waals surface area contributed by atoms with E-state index < -0.39 is 0 Å². The minimum absolute atomic E-state index is 0.0316. The normalized spacial score (nSPS) is 16.0. The van der Waals surface area contributed by atoms with Gasteiger partial charge in [0.2, 0.25) is 0 Å². The molecule has 0 spiro atoms. The lowest BCUT2D eigenvalue weighted by Gasteiger charge is -2.18. The smallest absolute Gasteiger partial charge is 0.168 e. The molecule has 0 aromatic heterocycles. The first-order valence-corrected chi connectivity index (χ1v) is 6.83. The van der Waals surface area contributed by atoms with Gasteiger partial charge in [-0.15, -0.1) is 0 Å². The third-order valence-corrected chi connectivity index (χ3v) is 3.36. The van der Waals surface area contributed by atoms with Crippen molar-refractivity contribution in [2.75, 3.05) is 20.3 Å². The Kier molecular flexibility index (Phi) is 4.35. The lowest BCUT2D eigenvalue weighted by Crippen LogP contribution is -2.19. The zero-order valence-corrected chi connectivity index (χ0v) is 12.2. The summed E-state index contributed by atoms with van der Waals surface area (Å²) in [5, 5.41) is 0. The van der Waals surface area contributed by atoms with Gasteiger partial charge < -0.3 is 19.9 Å². The Morgan fingerprint density at radius 2 is 2.17 bits per heavy atom. The van der Waals surface area contributed by atoms with Gasteiger partial charge in [-0.25, -0.2) is 0 Å². The quantitative estimate of drug-likeness (QED) is 0.931. The number of halogens is 1. The monoisotopic (exact) mass is 315 g/mol. The number of benzene rings is 1. The molecule has 1 aliphatic heterocycles. The fraction of sp³-hybridized carbons (Fsp3) is 0.538. The maximum Gasteiger partial charge on any atom is 0.168 e. The summed E-state index contributed by atoms with van der Waals surface area (Å²) in [6, 6.07) is 1.92. The van der Waals surface area contributed by atoms with E-state index in [1.165, 1.54) is 0 Å². The average molecular weight is 316 g/mol. The van der Waals surface area contributed by atoms with Crippen LogP contribution in [0.1, 0.15) is 18.9 Å². The number of fused-ring (bicyclic) bond motifs is 1. The van der Waals surface area contributed by atoms with Crippen LogP contribution in [0.15, 0.2) is 10.5 Å². The number of ether oxygens (including phenoxy) is 3. The number of hydrogen-bond donors (Lipinski definition) is 1. The molecule has 0 amide bonds. The predicted octanol–water partition coefficient (Wildman–Crippen LogP) is 2.51. The number of hydrogen-bond acceptors (Lipinski definition) is 4. The second-order valence-electron chi connectivity index (χ2n) is 4.43. The minimum Gasteiger partial charge on any atom is -0.495 e. The van der Waals surface area contributed by atoms with Crippen molar-refractivity contribution in [3.63, 3.8) is 0 Å². The molecule has 0 aliphatic carbocycles. The van der Waals surface area contributed by atoms with Crippen LogP contribution in [0.5, 0.6) is 17.2 Å². The molecule has 0 fully saturated rings. The van der Waals surface area contributed by atoms with E-state index in [-0.39, 0.29) is 6.04 Å². The van der Waals surface area contributed by atoms with Crippen LogP contribution < -0.4 is 19.9 Å². The van der Waals surface area contributed by atoms with Crippen LogP contribution in [0.25, 0.3) is 0 Å². The molecular formula is C13H18BrNO3. The van der Waals surface area contributed by atoms with Gasteiger partial charge in [0.05, 0.1) is 24.8 Å². The standard InChI is InChI=1S/C13H18BrNO3/c1-8(15)6-9-12(16-2)10(14)7-11-13(9)18-5-3-4-17-11/h7-8H,3-6,15H2,1-2H3. The highest BCUT2D eigenvalue weighted by Crippen LogP contribution is 2.44. The summed E-state index contributed by atoms with van der Waals surface area (Å²) in [4.78, 5) is 0. The molecule has 2 rings (SSSR count). The molecule has 1 aromatic rings. The first kappa shape index (κ1) is 13.5. The zero-order chi connectivity index (χ0) is 13.1. The van der Waals surface area contributed by atoms with Crippen molar-refractivity contribution < 1.29 is 14.2 Å². The number of nitrogens with two attached hydrogens (primary N) is 1. The first-order valence-electron chi connectivity index (χ1n) is 6.04. The molecule has 5 heteroatoms. The van der Waals surface area contributed by atoms with Crippen molar-refractivity contribution in [2.24, 2.45) is 5.73 Å². The summed E-state index contributed by atoms with van der Waals surface area (Å²) in [6.07, 6.45) is 1.57. The van der Waals surface area contributed by atoms with Crippen molar-refractivity contribution in [3.8, 4) is 17.2 Å². The van der Waals surface area contributed by atoms with E-state index in [0.29, 0.717) is 19.6 Å². The van der Waals surface area contributed by atoms with Crippen LogP contribution in [0.2, 0.25) is 0 Å². The molecule has 4 nitrogen and oxygen atoms in total. The summed E-state index contributed by atoms with van der Waals surface area (Å²) in [5.41, 5.74) is 6.87. The van der Waals surface area contributed by atoms with Crippen molar-refractivity contribution in [1.29, 1.82) is 0 Å². The van der Waals surface area contributed by atoms with Gasteiger partial charge in [-0.3, -0.25) is 0 Å². The summed E-state index contributed by atoms with van der Waals surface area (Å²) < 4.78 is 17.8. The molecule has 0 saturated carbocycles. The Labute approximate surface area is 116 Å². The highest BCUT2D eigenvalue weighted by molar-refractivity contribution is 9.10. The largest absolute Gasteiger partial charge is 0.495 e. The van der Waals surface area contributed by atoms with Crippen LogP contribution in [-0.4, -0.2) is 26.4 Å². The predicted molar refractivity (Wildman–Crippen MR) is 73.7 cm³/mol.